The molecule has 0 unspecified atom stereocenters. The number of rotatable bonds is 8. The maximum Gasteiger partial charge on any atom is 0.243 e. The Hall–Kier alpha value is -4.09. The maximum atomic E-state index is 13.1. The number of sulfonamides is 1. The molecule has 1 saturated heterocycles. The first-order valence-corrected chi connectivity index (χ1v) is 12.7. The van der Waals surface area contributed by atoms with E-state index >= 15 is 0 Å². The Kier molecular flexibility index (Phi) is 6.74. The SMILES string of the molecule is O=S(=O)(c1ccc(Nc2nccc(Nc3ccc(F)cc3)n2)cc1)N1CC[C@@H](Oc2cccnc2)C1. The fourth-order valence-corrected chi connectivity index (χ4v) is 5.27. The van der Waals surface area contributed by atoms with Crippen molar-refractivity contribution < 1.29 is 17.5 Å². The molecule has 0 saturated carbocycles. The predicted octanol–water partition coefficient (Wildman–Crippen LogP) is 4.34. The lowest BCUT2D eigenvalue weighted by atomic mass is 10.3. The zero-order valence-corrected chi connectivity index (χ0v) is 19.9. The van der Waals surface area contributed by atoms with E-state index in [2.05, 4.69) is 25.6 Å². The fourth-order valence-electron chi connectivity index (χ4n) is 3.78. The van der Waals surface area contributed by atoms with Gasteiger partial charge in [0.05, 0.1) is 17.6 Å². The van der Waals surface area contributed by atoms with E-state index in [-0.39, 0.29) is 23.4 Å². The highest BCUT2D eigenvalue weighted by atomic mass is 32.2. The van der Waals surface area contributed by atoms with Crippen LogP contribution in [-0.4, -0.2) is 46.9 Å². The smallest absolute Gasteiger partial charge is 0.243 e. The Labute approximate surface area is 208 Å². The van der Waals surface area contributed by atoms with Crippen LogP contribution in [0.2, 0.25) is 0 Å². The summed E-state index contributed by atoms with van der Waals surface area (Å²) < 4.78 is 46.6. The summed E-state index contributed by atoms with van der Waals surface area (Å²) in [6, 6.07) is 17.6. The van der Waals surface area contributed by atoms with E-state index in [9.17, 15) is 12.8 Å². The van der Waals surface area contributed by atoms with Gasteiger partial charge < -0.3 is 15.4 Å². The minimum absolute atomic E-state index is 0.197. The van der Waals surface area contributed by atoms with Gasteiger partial charge in [0.25, 0.3) is 0 Å². The Bertz CT molecular complexity index is 1420. The molecule has 2 aromatic heterocycles. The van der Waals surface area contributed by atoms with Crippen LogP contribution in [0.25, 0.3) is 0 Å². The standard InChI is InChI=1S/C25H23FN6O3S/c26-18-3-5-19(6-4-18)29-24-11-14-28-25(31-24)30-20-7-9-23(10-8-20)36(33,34)32-15-12-22(17-32)35-21-2-1-13-27-16-21/h1-11,13-14,16,22H,12,15,17H2,(H2,28,29,30,31)/t22-/m1/s1. The van der Waals surface area contributed by atoms with Gasteiger partial charge in [0.2, 0.25) is 16.0 Å². The molecule has 2 N–H and O–H groups in total. The van der Waals surface area contributed by atoms with Crippen molar-refractivity contribution in [3.05, 3.63) is 91.1 Å². The van der Waals surface area contributed by atoms with Crippen LogP contribution in [0, 0.1) is 5.82 Å². The highest BCUT2D eigenvalue weighted by molar-refractivity contribution is 7.89. The van der Waals surface area contributed by atoms with Crippen molar-refractivity contribution in [3.63, 3.8) is 0 Å². The van der Waals surface area contributed by atoms with E-state index in [0.29, 0.717) is 41.9 Å². The van der Waals surface area contributed by atoms with Gasteiger partial charge in [0, 0.05) is 30.3 Å². The summed E-state index contributed by atoms with van der Waals surface area (Å²) in [6.45, 7) is 0.661. The van der Waals surface area contributed by atoms with Gasteiger partial charge in [-0.05, 0) is 73.2 Å². The van der Waals surface area contributed by atoms with Crippen molar-refractivity contribution in [2.45, 2.75) is 17.4 Å². The lowest BCUT2D eigenvalue weighted by molar-refractivity contribution is 0.214. The first-order chi connectivity index (χ1) is 17.5. The van der Waals surface area contributed by atoms with Crippen LogP contribution in [-0.2, 0) is 10.0 Å². The van der Waals surface area contributed by atoms with Crippen molar-refractivity contribution in [1.29, 1.82) is 0 Å². The monoisotopic (exact) mass is 506 g/mol. The summed E-state index contributed by atoms with van der Waals surface area (Å²) in [5.41, 5.74) is 1.32. The lowest BCUT2D eigenvalue weighted by Gasteiger charge is -2.17. The van der Waals surface area contributed by atoms with Crippen molar-refractivity contribution in [2.75, 3.05) is 23.7 Å². The minimum Gasteiger partial charge on any atom is -0.487 e. The predicted molar refractivity (Wildman–Crippen MR) is 133 cm³/mol. The van der Waals surface area contributed by atoms with Crippen LogP contribution in [0.4, 0.5) is 27.5 Å². The average molecular weight is 507 g/mol. The van der Waals surface area contributed by atoms with Crippen LogP contribution in [0.15, 0.2) is 90.2 Å². The highest BCUT2D eigenvalue weighted by Crippen LogP contribution is 2.25. The van der Waals surface area contributed by atoms with Gasteiger partial charge in [-0.3, -0.25) is 4.98 Å². The zero-order valence-electron chi connectivity index (χ0n) is 19.1. The zero-order chi connectivity index (χ0) is 25.0. The van der Waals surface area contributed by atoms with Crippen LogP contribution < -0.4 is 15.4 Å². The number of hydrogen-bond acceptors (Lipinski definition) is 8. The molecule has 2 aromatic carbocycles. The molecule has 1 aliphatic rings. The molecule has 11 heteroatoms. The van der Waals surface area contributed by atoms with Crippen molar-refractivity contribution >= 4 is 33.2 Å². The molecule has 0 radical (unpaired) electrons. The first kappa shape index (κ1) is 23.6. The maximum absolute atomic E-state index is 13.1. The molecule has 0 aliphatic carbocycles. The number of pyridine rings is 1. The largest absolute Gasteiger partial charge is 0.487 e. The van der Waals surface area contributed by atoms with Gasteiger partial charge in [0.1, 0.15) is 23.5 Å². The van der Waals surface area contributed by atoms with Crippen molar-refractivity contribution in [3.8, 4) is 5.75 Å². The molecule has 0 amide bonds. The summed E-state index contributed by atoms with van der Waals surface area (Å²) >= 11 is 0. The summed E-state index contributed by atoms with van der Waals surface area (Å²) in [6.07, 6.45) is 5.23. The van der Waals surface area contributed by atoms with E-state index in [0.717, 1.165) is 0 Å². The van der Waals surface area contributed by atoms with E-state index in [1.54, 1.807) is 73.2 Å². The molecule has 36 heavy (non-hydrogen) atoms. The molecule has 0 bridgehead atoms. The summed E-state index contributed by atoms with van der Waals surface area (Å²) in [5.74, 6) is 1.15. The average Bonchev–Trinajstić information content (AvgIpc) is 3.36. The molecular weight excluding hydrogens is 483 g/mol. The number of ether oxygens (including phenoxy) is 1. The van der Waals surface area contributed by atoms with Crippen LogP contribution in [0.3, 0.4) is 0 Å². The molecule has 9 nitrogen and oxygen atoms in total. The molecular formula is C25H23FN6O3S. The van der Waals surface area contributed by atoms with E-state index in [4.69, 9.17) is 4.74 Å². The summed E-state index contributed by atoms with van der Waals surface area (Å²) in [7, 11) is -3.66. The molecule has 4 aromatic rings. The first-order valence-electron chi connectivity index (χ1n) is 11.3. The van der Waals surface area contributed by atoms with Gasteiger partial charge in [-0.1, -0.05) is 0 Å². The van der Waals surface area contributed by atoms with E-state index in [1.165, 1.54) is 16.4 Å². The van der Waals surface area contributed by atoms with Gasteiger partial charge in [0.15, 0.2) is 0 Å². The number of aromatic nitrogens is 3. The molecule has 1 aliphatic heterocycles. The Morgan fingerprint density at radius 2 is 1.69 bits per heavy atom. The normalized spacial score (nSPS) is 16.0. The topological polar surface area (TPSA) is 109 Å². The van der Waals surface area contributed by atoms with Gasteiger partial charge >= 0.3 is 0 Å². The number of nitrogens with one attached hydrogen (secondary N) is 2. The van der Waals surface area contributed by atoms with Crippen LogP contribution in [0.5, 0.6) is 5.75 Å². The number of nitrogens with zero attached hydrogens (tertiary/aromatic N) is 4. The van der Waals surface area contributed by atoms with Crippen LogP contribution >= 0.6 is 0 Å². The van der Waals surface area contributed by atoms with Gasteiger partial charge in [-0.25, -0.2) is 17.8 Å². The molecule has 5 rings (SSSR count). The summed E-state index contributed by atoms with van der Waals surface area (Å²) in [5, 5.41) is 6.15. The second-order valence-corrected chi connectivity index (χ2v) is 10.1. The fraction of sp³-hybridized carbons (Fsp3) is 0.160. The minimum atomic E-state index is -3.66. The van der Waals surface area contributed by atoms with E-state index in [1.807, 2.05) is 0 Å². The van der Waals surface area contributed by atoms with Crippen molar-refractivity contribution in [2.24, 2.45) is 0 Å². The van der Waals surface area contributed by atoms with Crippen molar-refractivity contribution in [1.82, 2.24) is 19.3 Å². The molecule has 1 fully saturated rings. The second-order valence-electron chi connectivity index (χ2n) is 8.13. The quantitative estimate of drug-likeness (QED) is 0.363. The molecule has 3 heterocycles. The number of halogens is 1. The lowest BCUT2D eigenvalue weighted by Crippen LogP contribution is -2.31. The second kappa shape index (κ2) is 10.3. The molecule has 0 spiro atoms. The number of hydrogen-bond donors (Lipinski definition) is 2. The van der Waals surface area contributed by atoms with Gasteiger partial charge in [-0.15, -0.1) is 0 Å². The third-order valence-corrected chi connectivity index (χ3v) is 7.44. The Morgan fingerprint density at radius 1 is 0.944 bits per heavy atom. The number of anilines is 4. The Morgan fingerprint density at radius 3 is 2.44 bits per heavy atom. The third kappa shape index (κ3) is 5.58. The third-order valence-electron chi connectivity index (χ3n) is 5.57. The van der Waals surface area contributed by atoms with E-state index < -0.39 is 10.0 Å². The van der Waals surface area contributed by atoms with Gasteiger partial charge in [-0.2, -0.15) is 9.29 Å². The Balaban J connectivity index is 1.22. The summed E-state index contributed by atoms with van der Waals surface area (Å²) in [4.78, 5) is 12.8. The molecule has 1 atom stereocenters. The van der Waals surface area contributed by atoms with Crippen LogP contribution in [0.1, 0.15) is 6.42 Å². The number of benzene rings is 2. The highest BCUT2D eigenvalue weighted by Gasteiger charge is 2.33. The molecule has 184 valence electrons.